The molecule has 5 nitrogen and oxygen atoms in total. The Morgan fingerprint density at radius 3 is 2.74 bits per heavy atom. The Labute approximate surface area is 115 Å². The van der Waals surface area contributed by atoms with E-state index in [4.69, 9.17) is 16.7 Å². The van der Waals surface area contributed by atoms with Gasteiger partial charge in [0.1, 0.15) is 4.90 Å². The molecule has 0 saturated heterocycles. The maximum absolute atomic E-state index is 13.6. The van der Waals surface area contributed by atoms with Gasteiger partial charge in [-0.3, -0.25) is 4.79 Å². The van der Waals surface area contributed by atoms with Gasteiger partial charge in [-0.2, -0.15) is 0 Å². The van der Waals surface area contributed by atoms with Gasteiger partial charge in [-0.05, 0) is 18.1 Å². The van der Waals surface area contributed by atoms with Crippen molar-refractivity contribution in [2.75, 3.05) is 6.54 Å². The van der Waals surface area contributed by atoms with Gasteiger partial charge < -0.3 is 5.11 Å². The minimum Gasteiger partial charge on any atom is -0.481 e. The molecule has 0 aliphatic rings. The Kier molecular flexibility index (Phi) is 5.28. The predicted octanol–water partition coefficient (Wildman–Crippen LogP) is 1.87. The lowest BCUT2D eigenvalue weighted by molar-refractivity contribution is -0.137. The van der Waals surface area contributed by atoms with Crippen LogP contribution in [0.25, 0.3) is 0 Å². The maximum atomic E-state index is 13.6. The molecule has 0 aliphatic carbocycles. The topological polar surface area (TPSA) is 83.5 Å². The first-order valence-corrected chi connectivity index (χ1v) is 7.25. The third-order valence-corrected chi connectivity index (χ3v) is 4.08. The number of carboxylic acids is 1. The van der Waals surface area contributed by atoms with Gasteiger partial charge in [-0.1, -0.05) is 24.6 Å². The van der Waals surface area contributed by atoms with Gasteiger partial charge in [-0.15, -0.1) is 0 Å². The van der Waals surface area contributed by atoms with Crippen molar-refractivity contribution in [2.45, 2.75) is 18.2 Å². The SMILES string of the molecule is CC(CNS(=O)(=O)c1cccc(Cl)c1F)CC(=O)O. The van der Waals surface area contributed by atoms with E-state index in [1.807, 2.05) is 0 Å². The Morgan fingerprint density at radius 1 is 1.53 bits per heavy atom. The van der Waals surface area contributed by atoms with E-state index in [0.717, 1.165) is 6.07 Å². The summed E-state index contributed by atoms with van der Waals surface area (Å²) < 4.78 is 39.4. The van der Waals surface area contributed by atoms with Crippen molar-refractivity contribution in [2.24, 2.45) is 5.92 Å². The number of benzene rings is 1. The molecular weight excluding hydrogens is 297 g/mol. The highest BCUT2D eigenvalue weighted by molar-refractivity contribution is 7.89. The number of halogens is 2. The van der Waals surface area contributed by atoms with Crippen molar-refractivity contribution >= 4 is 27.6 Å². The summed E-state index contributed by atoms with van der Waals surface area (Å²) in [6.45, 7) is 1.48. The van der Waals surface area contributed by atoms with E-state index in [-0.39, 0.29) is 18.0 Å². The normalized spacial score (nSPS) is 13.2. The zero-order valence-corrected chi connectivity index (χ0v) is 11.6. The van der Waals surface area contributed by atoms with Crippen LogP contribution in [0, 0.1) is 11.7 Å². The fraction of sp³-hybridized carbons (Fsp3) is 0.364. The van der Waals surface area contributed by atoms with Crippen LogP contribution < -0.4 is 4.72 Å². The lowest BCUT2D eigenvalue weighted by Gasteiger charge is -2.11. The van der Waals surface area contributed by atoms with Crippen LogP contribution in [0.5, 0.6) is 0 Å². The average molecular weight is 310 g/mol. The number of sulfonamides is 1. The summed E-state index contributed by atoms with van der Waals surface area (Å²) in [5.41, 5.74) is 0. The van der Waals surface area contributed by atoms with Crippen molar-refractivity contribution in [3.8, 4) is 0 Å². The van der Waals surface area contributed by atoms with Crippen LogP contribution in [-0.2, 0) is 14.8 Å². The Hall–Kier alpha value is -1.18. The number of carboxylic acid groups (broad SMARTS) is 1. The molecule has 1 aromatic carbocycles. The molecule has 0 amide bonds. The molecule has 0 radical (unpaired) electrons. The van der Waals surface area contributed by atoms with E-state index in [1.54, 1.807) is 6.92 Å². The largest absolute Gasteiger partial charge is 0.481 e. The quantitative estimate of drug-likeness (QED) is 0.840. The molecule has 0 aliphatic heterocycles. The summed E-state index contributed by atoms with van der Waals surface area (Å²) in [6.07, 6.45) is -0.180. The Morgan fingerprint density at radius 2 is 2.16 bits per heavy atom. The summed E-state index contributed by atoms with van der Waals surface area (Å²) >= 11 is 5.51. The van der Waals surface area contributed by atoms with Crippen LogP contribution >= 0.6 is 11.6 Å². The van der Waals surface area contributed by atoms with Gasteiger partial charge in [0.15, 0.2) is 5.82 Å². The average Bonchev–Trinajstić information content (AvgIpc) is 2.29. The van der Waals surface area contributed by atoms with Crippen LogP contribution in [0.4, 0.5) is 4.39 Å². The molecule has 0 heterocycles. The highest BCUT2D eigenvalue weighted by Gasteiger charge is 2.21. The van der Waals surface area contributed by atoms with Gasteiger partial charge in [0, 0.05) is 13.0 Å². The maximum Gasteiger partial charge on any atom is 0.303 e. The fourth-order valence-corrected chi connectivity index (χ4v) is 2.89. The minimum atomic E-state index is -4.05. The number of rotatable bonds is 6. The second kappa shape index (κ2) is 6.31. The Balaban J connectivity index is 2.82. The second-order valence-corrected chi connectivity index (χ2v) is 6.25. The third-order valence-electron chi connectivity index (χ3n) is 2.35. The smallest absolute Gasteiger partial charge is 0.303 e. The van der Waals surface area contributed by atoms with Crippen LogP contribution in [0.1, 0.15) is 13.3 Å². The Bertz CT molecular complexity index is 576. The fourth-order valence-electron chi connectivity index (χ4n) is 1.39. The second-order valence-electron chi connectivity index (χ2n) is 4.11. The molecule has 0 spiro atoms. The highest BCUT2D eigenvalue weighted by Crippen LogP contribution is 2.21. The number of aliphatic carboxylic acids is 1. The lowest BCUT2D eigenvalue weighted by atomic mass is 10.1. The molecule has 0 fully saturated rings. The van der Waals surface area contributed by atoms with Crippen LogP contribution in [0.15, 0.2) is 23.1 Å². The first-order chi connectivity index (χ1) is 8.74. The molecular formula is C11H13ClFNO4S. The summed E-state index contributed by atoms with van der Waals surface area (Å²) in [5, 5.41) is 8.27. The zero-order chi connectivity index (χ0) is 14.6. The van der Waals surface area contributed by atoms with E-state index in [1.165, 1.54) is 12.1 Å². The minimum absolute atomic E-state index is 0.0966. The molecule has 1 aromatic rings. The zero-order valence-electron chi connectivity index (χ0n) is 10.1. The van der Waals surface area contributed by atoms with Crippen molar-refractivity contribution in [3.05, 3.63) is 29.0 Å². The molecule has 0 saturated carbocycles. The summed E-state index contributed by atoms with van der Waals surface area (Å²) in [4.78, 5) is 9.90. The summed E-state index contributed by atoms with van der Waals surface area (Å²) in [7, 11) is -4.05. The standard InChI is InChI=1S/C11H13ClFNO4S/c1-7(5-10(15)16)6-14-19(17,18)9-4-2-3-8(12)11(9)13/h2-4,7,14H,5-6H2,1H3,(H,15,16). The van der Waals surface area contributed by atoms with Crippen molar-refractivity contribution in [3.63, 3.8) is 0 Å². The van der Waals surface area contributed by atoms with Gasteiger partial charge in [0.05, 0.1) is 5.02 Å². The molecule has 0 aromatic heterocycles. The van der Waals surface area contributed by atoms with E-state index < -0.39 is 32.6 Å². The monoisotopic (exact) mass is 309 g/mol. The molecule has 0 bridgehead atoms. The molecule has 1 atom stereocenters. The van der Waals surface area contributed by atoms with Crippen molar-refractivity contribution in [1.82, 2.24) is 4.72 Å². The van der Waals surface area contributed by atoms with Gasteiger partial charge >= 0.3 is 5.97 Å². The van der Waals surface area contributed by atoms with Gasteiger partial charge in [0.2, 0.25) is 10.0 Å². The summed E-state index contributed by atoms with van der Waals surface area (Å²) in [6, 6.07) is 3.65. The van der Waals surface area contributed by atoms with Crippen LogP contribution in [0.3, 0.4) is 0 Å². The number of nitrogens with one attached hydrogen (secondary N) is 1. The first kappa shape index (κ1) is 15.9. The van der Waals surface area contributed by atoms with Crippen molar-refractivity contribution in [1.29, 1.82) is 0 Å². The number of carbonyl (C=O) groups is 1. The lowest BCUT2D eigenvalue weighted by Crippen LogP contribution is -2.30. The van der Waals surface area contributed by atoms with E-state index in [0.29, 0.717) is 0 Å². The molecule has 106 valence electrons. The van der Waals surface area contributed by atoms with Crippen molar-refractivity contribution < 1.29 is 22.7 Å². The van der Waals surface area contributed by atoms with Crippen LogP contribution in [0.2, 0.25) is 5.02 Å². The highest BCUT2D eigenvalue weighted by atomic mass is 35.5. The van der Waals surface area contributed by atoms with Crippen LogP contribution in [-0.4, -0.2) is 26.0 Å². The molecule has 19 heavy (non-hydrogen) atoms. The van der Waals surface area contributed by atoms with E-state index in [2.05, 4.69) is 4.72 Å². The van der Waals surface area contributed by atoms with Gasteiger partial charge in [0.25, 0.3) is 0 Å². The van der Waals surface area contributed by atoms with E-state index >= 15 is 0 Å². The number of hydrogen-bond donors (Lipinski definition) is 2. The first-order valence-electron chi connectivity index (χ1n) is 5.39. The molecule has 8 heteroatoms. The molecule has 2 N–H and O–H groups in total. The molecule has 1 unspecified atom stereocenters. The number of hydrogen-bond acceptors (Lipinski definition) is 3. The molecule has 1 rings (SSSR count). The predicted molar refractivity (Wildman–Crippen MR) is 68.0 cm³/mol. The van der Waals surface area contributed by atoms with Gasteiger partial charge in [-0.25, -0.2) is 17.5 Å². The van der Waals surface area contributed by atoms with E-state index in [9.17, 15) is 17.6 Å². The summed E-state index contributed by atoms with van der Waals surface area (Å²) in [5.74, 6) is -2.46. The third kappa shape index (κ3) is 4.45.